The molecule has 106 valence electrons. The number of nitrogens with two attached hydrogens (primary N) is 1. The van der Waals surface area contributed by atoms with Crippen molar-refractivity contribution in [1.82, 2.24) is 5.32 Å². The van der Waals surface area contributed by atoms with Crippen LogP contribution in [0.1, 0.15) is 19.8 Å². The number of halogens is 3. The molecule has 0 amide bonds. The topological polar surface area (TPSA) is 136 Å². The number of carboxylic acids is 2. The van der Waals surface area contributed by atoms with Gasteiger partial charge in [-0.1, -0.05) is 13.3 Å². The molecule has 0 heterocycles. The molecule has 1 atom stereocenters. The van der Waals surface area contributed by atoms with E-state index in [1.54, 1.807) is 0 Å². The molecule has 6 N–H and O–H groups in total. The van der Waals surface area contributed by atoms with Crippen molar-refractivity contribution < 1.29 is 33.0 Å². The lowest BCUT2D eigenvalue weighted by atomic mass is 10.2. The van der Waals surface area contributed by atoms with Crippen molar-refractivity contribution in [3.63, 3.8) is 0 Å². The van der Waals surface area contributed by atoms with E-state index >= 15 is 0 Å². The summed E-state index contributed by atoms with van der Waals surface area (Å²) in [5, 5.41) is 24.8. The highest BCUT2D eigenvalue weighted by Crippen LogP contribution is 2.13. The summed E-state index contributed by atoms with van der Waals surface area (Å²) < 4.78 is 31.7. The zero-order valence-corrected chi connectivity index (χ0v) is 9.41. The van der Waals surface area contributed by atoms with Crippen LogP contribution in [0.2, 0.25) is 0 Å². The first-order chi connectivity index (χ1) is 8.02. The van der Waals surface area contributed by atoms with Crippen molar-refractivity contribution in [2.45, 2.75) is 32.0 Å². The van der Waals surface area contributed by atoms with E-state index in [0.717, 1.165) is 6.42 Å². The van der Waals surface area contributed by atoms with Crippen molar-refractivity contribution >= 4 is 17.9 Å². The SMILES string of the molecule is CCCC(NC(=N)N)C(=O)O.O=C(O)C(F)(F)F. The van der Waals surface area contributed by atoms with E-state index in [4.69, 9.17) is 26.2 Å². The summed E-state index contributed by atoms with van der Waals surface area (Å²) in [6, 6.07) is -0.725. The number of aliphatic carboxylic acids is 2. The molecule has 0 aliphatic rings. The van der Waals surface area contributed by atoms with E-state index in [1.165, 1.54) is 0 Å². The van der Waals surface area contributed by atoms with Gasteiger partial charge in [-0.15, -0.1) is 0 Å². The molecule has 0 bridgehead atoms. The van der Waals surface area contributed by atoms with E-state index in [1.807, 2.05) is 6.92 Å². The summed E-state index contributed by atoms with van der Waals surface area (Å²) in [7, 11) is 0. The van der Waals surface area contributed by atoms with Crippen LogP contribution >= 0.6 is 0 Å². The second kappa shape index (κ2) is 8.14. The normalized spacial score (nSPS) is 11.8. The largest absolute Gasteiger partial charge is 0.490 e. The van der Waals surface area contributed by atoms with Gasteiger partial charge in [0.2, 0.25) is 0 Å². The fraction of sp³-hybridized carbons (Fsp3) is 0.625. The van der Waals surface area contributed by atoms with E-state index in [2.05, 4.69) is 5.32 Å². The van der Waals surface area contributed by atoms with Crippen molar-refractivity contribution in [2.24, 2.45) is 5.73 Å². The molecule has 0 saturated heterocycles. The predicted molar refractivity (Wildman–Crippen MR) is 55.1 cm³/mol. The second-order valence-electron chi connectivity index (χ2n) is 3.04. The standard InChI is InChI=1S/C6H13N3O2.C2HF3O2/c1-2-3-4(5(10)11)9-6(7)8;3-2(4,5)1(6)7/h4H,2-3H2,1H3,(H,10,11)(H4,7,8,9);(H,6,7). The number of hydrogen-bond acceptors (Lipinski definition) is 3. The molecule has 7 nitrogen and oxygen atoms in total. The second-order valence-corrected chi connectivity index (χ2v) is 3.04. The number of carboxylic acid groups (broad SMARTS) is 2. The van der Waals surface area contributed by atoms with Gasteiger partial charge in [0.25, 0.3) is 0 Å². The molecular weight excluding hydrogens is 259 g/mol. The van der Waals surface area contributed by atoms with Crippen LogP contribution < -0.4 is 11.1 Å². The van der Waals surface area contributed by atoms with Gasteiger partial charge in [-0.3, -0.25) is 5.41 Å². The van der Waals surface area contributed by atoms with Gasteiger partial charge in [0.15, 0.2) is 5.96 Å². The average Bonchev–Trinajstić information content (AvgIpc) is 2.15. The summed E-state index contributed by atoms with van der Waals surface area (Å²) in [4.78, 5) is 19.3. The molecule has 0 rings (SSSR count). The van der Waals surface area contributed by atoms with Gasteiger partial charge in [-0.05, 0) is 6.42 Å². The first kappa shape index (κ1) is 18.4. The van der Waals surface area contributed by atoms with Gasteiger partial charge >= 0.3 is 18.1 Å². The number of hydrogen-bond donors (Lipinski definition) is 5. The Kier molecular flexibility index (Phi) is 8.31. The molecule has 0 aromatic carbocycles. The van der Waals surface area contributed by atoms with Gasteiger partial charge in [0.1, 0.15) is 6.04 Å². The van der Waals surface area contributed by atoms with Crippen LogP contribution in [0.25, 0.3) is 0 Å². The Labute approximate surface area is 100 Å². The van der Waals surface area contributed by atoms with E-state index < -0.39 is 24.2 Å². The highest BCUT2D eigenvalue weighted by atomic mass is 19.4. The van der Waals surface area contributed by atoms with Crippen LogP contribution in [-0.4, -0.2) is 40.3 Å². The lowest BCUT2D eigenvalue weighted by molar-refractivity contribution is -0.192. The molecule has 0 saturated carbocycles. The molecule has 0 aromatic heterocycles. The molecule has 0 aliphatic heterocycles. The number of nitrogens with one attached hydrogen (secondary N) is 2. The maximum absolute atomic E-state index is 10.6. The molecule has 18 heavy (non-hydrogen) atoms. The fourth-order valence-corrected chi connectivity index (χ4v) is 0.734. The Morgan fingerprint density at radius 1 is 1.39 bits per heavy atom. The molecule has 0 radical (unpaired) electrons. The predicted octanol–water partition coefficient (Wildman–Crippen LogP) is 0.356. The molecule has 10 heteroatoms. The minimum atomic E-state index is -5.08. The smallest absolute Gasteiger partial charge is 0.480 e. The zero-order chi connectivity index (χ0) is 14.9. The highest BCUT2D eigenvalue weighted by Gasteiger charge is 2.38. The summed E-state index contributed by atoms with van der Waals surface area (Å²) in [5.41, 5.74) is 4.97. The van der Waals surface area contributed by atoms with Crippen LogP contribution in [0.15, 0.2) is 0 Å². The monoisotopic (exact) mass is 273 g/mol. The van der Waals surface area contributed by atoms with Gasteiger partial charge in [0, 0.05) is 0 Å². The Balaban J connectivity index is 0. The molecule has 0 fully saturated rings. The average molecular weight is 273 g/mol. The van der Waals surface area contributed by atoms with Gasteiger partial charge in [0.05, 0.1) is 0 Å². The summed E-state index contributed by atoms with van der Waals surface area (Å²) in [6.07, 6.45) is -3.86. The molecule has 0 spiro atoms. The molecule has 1 unspecified atom stereocenters. The number of carbonyl (C=O) groups is 2. The number of alkyl halides is 3. The Bertz CT molecular complexity index is 306. The summed E-state index contributed by atoms with van der Waals surface area (Å²) >= 11 is 0. The summed E-state index contributed by atoms with van der Waals surface area (Å²) in [5.74, 6) is -4.03. The minimum Gasteiger partial charge on any atom is -0.480 e. The van der Waals surface area contributed by atoms with Gasteiger partial charge in [-0.2, -0.15) is 13.2 Å². The van der Waals surface area contributed by atoms with Crippen LogP contribution in [0.3, 0.4) is 0 Å². The quantitative estimate of drug-likeness (QED) is 0.370. The number of rotatable bonds is 4. The van der Waals surface area contributed by atoms with E-state index in [-0.39, 0.29) is 5.96 Å². The first-order valence-electron chi connectivity index (χ1n) is 4.65. The van der Waals surface area contributed by atoms with Gasteiger partial charge < -0.3 is 21.3 Å². The third kappa shape index (κ3) is 10.5. The third-order valence-electron chi connectivity index (χ3n) is 1.45. The van der Waals surface area contributed by atoms with Crippen molar-refractivity contribution in [2.75, 3.05) is 0 Å². The maximum Gasteiger partial charge on any atom is 0.490 e. The Morgan fingerprint density at radius 3 is 1.94 bits per heavy atom. The molecule has 0 aromatic rings. The van der Waals surface area contributed by atoms with Crippen molar-refractivity contribution in [3.8, 4) is 0 Å². The zero-order valence-electron chi connectivity index (χ0n) is 9.41. The van der Waals surface area contributed by atoms with Crippen LogP contribution in [0, 0.1) is 5.41 Å². The van der Waals surface area contributed by atoms with Crippen molar-refractivity contribution in [3.05, 3.63) is 0 Å². The highest BCUT2D eigenvalue weighted by molar-refractivity contribution is 5.82. The van der Waals surface area contributed by atoms with E-state index in [9.17, 15) is 18.0 Å². The maximum atomic E-state index is 10.6. The fourth-order valence-electron chi connectivity index (χ4n) is 0.734. The van der Waals surface area contributed by atoms with Crippen LogP contribution in [-0.2, 0) is 9.59 Å². The Hall–Kier alpha value is -2.00. The van der Waals surface area contributed by atoms with Crippen molar-refractivity contribution in [1.29, 1.82) is 5.41 Å². The summed E-state index contributed by atoms with van der Waals surface area (Å²) in [6.45, 7) is 1.87. The minimum absolute atomic E-state index is 0.300. The lowest BCUT2D eigenvalue weighted by Crippen LogP contribution is -2.43. The first-order valence-corrected chi connectivity index (χ1v) is 4.65. The molecular formula is C8H14F3N3O4. The number of guanidine groups is 1. The van der Waals surface area contributed by atoms with Crippen LogP contribution in [0.4, 0.5) is 13.2 Å². The lowest BCUT2D eigenvalue weighted by Gasteiger charge is -2.12. The molecule has 0 aliphatic carbocycles. The third-order valence-corrected chi connectivity index (χ3v) is 1.45. The Morgan fingerprint density at radius 2 is 1.78 bits per heavy atom. The van der Waals surface area contributed by atoms with Gasteiger partial charge in [-0.25, -0.2) is 9.59 Å². The van der Waals surface area contributed by atoms with Crippen LogP contribution in [0.5, 0.6) is 0 Å². The van der Waals surface area contributed by atoms with E-state index in [0.29, 0.717) is 6.42 Å².